The number of nitrogens with one attached hydrogen (secondary N) is 1. The largest absolute Gasteiger partial charge is 0.366 e. The number of likely N-dealkylation sites (tertiary alicyclic amines) is 1. The lowest BCUT2D eigenvalue weighted by Gasteiger charge is -2.24. The zero-order chi connectivity index (χ0) is 11.4. The molecular weight excluding hydrogens is 205 g/mol. The molecule has 0 spiro atoms. The van der Waals surface area contributed by atoms with Crippen molar-refractivity contribution in [1.29, 1.82) is 0 Å². The molecule has 16 heavy (non-hydrogen) atoms. The first-order valence-electron chi connectivity index (χ1n) is 5.86. The van der Waals surface area contributed by atoms with Crippen molar-refractivity contribution in [2.75, 3.05) is 25.0 Å². The lowest BCUT2D eigenvalue weighted by atomic mass is 10.3. The van der Waals surface area contributed by atoms with Crippen LogP contribution in [0.2, 0.25) is 0 Å². The number of hydrogen-bond acceptors (Lipinski definition) is 3. The van der Waals surface area contributed by atoms with E-state index in [1.54, 1.807) is 12.3 Å². The minimum Gasteiger partial charge on any atom is -0.366 e. The Labute approximate surface area is 95.7 Å². The van der Waals surface area contributed by atoms with Crippen LogP contribution in [0.1, 0.15) is 19.8 Å². The Morgan fingerprint density at radius 3 is 2.94 bits per heavy atom. The van der Waals surface area contributed by atoms with Gasteiger partial charge in [-0.05, 0) is 45.0 Å². The highest BCUT2D eigenvalue weighted by Gasteiger charge is 2.17. The third kappa shape index (κ3) is 2.70. The van der Waals surface area contributed by atoms with Crippen molar-refractivity contribution in [3.63, 3.8) is 0 Å². The van der Waals surface area contributed by atoms with E-state index in [1.165, 1.54) is 18.9 Å². The smallest absolute Gasteiger partial charge is 0.165 e. The summed E-state index contributed by atoms with van der Waals surface area (Å²) in [5, 5.41) is 3.06. The Balaban J connectivity index is 1.84. The van der Waals surface area contributed by atoms with Gasteiger partial charge in [-0.2, -0.15) is 0 Å². The Kier molecular flexibility index (Phi) is 3.72. The zero-order valence-electron chi connectivity index (χ0n) is 9.62. The quantitative estimate of drug-likeness (QED) is 0.847. The first kappa shape index (κ1) is 11.3. The summed E-state index contributed by atoms with van der Waals surface area (Å²) in [4.78, 5) is 6.40. The van der Waals surface area contributed by atoms with Gasteiger partial charge < -0.3 is 5.32 Å². The molecule has 1 unspecified atom stereocenters. The van der Waals surface area contributed by atoms with E-state index < -0.39 is 0 Å². The SMILES string of the molecule is CC(CNc1ncccc1F)N1CCCC1. The van der Waals surface area contributed by atoms with Crippen LogP contribution in [0.4, 0.5) is 10.2 Å². The fraction of sp³-hybridized carbons (Fsp3) is 0.583. The van der Waals surface area contributed by atoms with Gasteiger partial charge in [0.1, 0.15) is 0 Å². The molecule has 2 rings (SSSR count). The van der Waals surface area contributed by atoms with Crippen LogP contribution in [0.25, 0.3) is 0 Å². The van der Waals surface area contributed by atoms with Gasteiger partial charge in [0, 0.05) is 18.8 Å². The predicted octanol–water partition coefficient (Wildman–Crippen LogP) is 2.12. The van der Waals surface area contributed by atoms with Gasteiger partial charge in [0.05, 0.1) is 0 Å². The summed E-state index contributed by atoms with van der Waals surface area (Å²) in [6, 6.07) is 3.46. The summed E-state index contributed by atoms with van der Waals surface area (Å²) >= 11 is 0. The van der Waals surface area contributed by atoms with Gasteiger partial charge in [0.2, 0.25) is 0 Å². The first-order chi connectivity index (χ1) is 7.77. The number of aromatic nitrogens is 1. The maximum atomic E-state index is 13.3. The molecule has 1 fully saturated rings. The number of anilines is 1. The van der Waals surface area contributed by atoms with E-state index in [2.05, 4.69) is 22.1 Å². The molecule has 2 heterocycles. The molecule has 1 aromatic rings. The topological polar surface area (TPSA) is 28.2 Å². The molecule has 1 saturated heterocycles. The Morgan fingerprint density at radius 1 is 1.50 bits per heavy atom. The molecule has 1 N–H and O–H groups in total. The second kappa shape index (κ2) is 5.25. The lowest BCUT2D eigenvalue weighted by Crippen LogP contribution is -2.35. The van der Waals surface area contributed by atoms with E-state index >= 15 is 0 Å². The molecule has 1 aliphatic rings. The molecule has 1 aliphatic heterocycles. The molecule has 1 atom stereocenters. The third-order valence-corrected chi connectivity index (χ3v) is 3.09. The molecule has 0 aliphatic carbocycles. The third-order valence-electron chi connectivity index (χ3n) is 3.09. The second-order valence-electron chi connectivity index (χ2n) is 4.31. The fourth-order valence-corrected chi connectivity index (χ4v) is 2.07. The normalized spacial score (nSPS) is 18.6. The van der Waals surface area contributed by atoms with Crippen LogP contribution in [0.15, 0.2) is 18.3 Å². The minimum atomic E-state index is -0.281. The minimum absolute atomic E-state index is 0.281. The molecule has 0 bridgehead atoms. The zero-order valence-corrected chi connectivity index (χ0v) is 9.62. The van der Waals surface area contributed by atoms with Gasteiger partial charge in [-0.25, -0.2) is 9.37 Å². The van der Waals surface area contributed by atoms with E-state index in [-0.39, 0.29) is 5.82 Å². The predicted molar refractivity (Wildman–Crippen MR) is 63.0 cm³/mol. The van der Waals surface area contributed by atoms with Crippen molar-refractivity contribution in [3.8, 4) is 0 Å². The van der Waals surface area contributed by atoms with Gasteiger partial charge in [-0.3, -0.25) is 4.90 Å². The van der Waals surface area contributed by atoms with Crippen LogP contribution in [0.3, 0.4) is 0 Å². The summed E-state index contributed by atoms with van der Waals surface area (Å²) < 4.78 is 13.3. The van der Waals surface area contributed by atoms with E-state index in [0.717, 1.165) is 19.6 Å². The highest BCUT2D eigenvalue weighted by atomic mass is 19.1. The summed E-state index contributed by atoms with van der Waals surface area (Å²) in [7, 11) is 0. The van der Waals surface area contributed by atoms with E-state index in [1.807, 2.05) is 0 Å². The molecule has 0 amide bonds. The van der Waals surface area contributed by atoms with Crippen LogP contribution in [0, 0.1) is 5.82 Å². The summed E-state index contributed by atoms with van der Waals surface area (Å²) in [5.41, 5.74) is 0. The van der Waals surface area contributed by atoms with Crippen molar-refractivity contribution < 1.29 is 4.39 Å². The van der Waals surface area contributed by atoms with E-state index in [4.69, 9.17) is 0 Å². The second-order valence-corrected chi connectivity index (χ2v) is 4.31. The molecule has 0 radical (unpaired) electrons. The van der Waals surface area contributed by atoms with Gasteiger partial charge >= 0.3 is 0 Å². The maximum Gasteiger partial charge on any atom is 0.165 e. The van der Waals surface area contributed by atoms with Gasteiger partial charge in [-0.15, -0.1) is 0 Å². The molecule has 0 aromatic carbocycles. The maximum absolute atomic E-state index is 13.3. The average Bonchev–Trinajstić information content (AvgIpc) is 2.81. The molecule has 4 heteroatoms. The van der Waals surface area contributed by atoms with Crippen LogP contribution in [-0.2, 0) is 0 Å². The molecule has 3 nitrogen and oxygen atoms in total. The highest BCUT2D eigenvalue weighted by Crippen LogP contribution is 2.13. The Hall–Kier alpha value is -1.16. The summed E-state index contributed by atoms with van der Waals surface area (Å²) in [6.45, 7) is 5.23. The van der Waals surface area contributed by atoms with Crippen LogP contribution >= 0.6 is 0 Å². The summed E-state index contributed by atoms with van der Waals surface area (Å²) in [5.74, 6) is 0.0738. The van der Waals surface area contributed by atoms with Crippen LogP contribution < -0.4 is 5.32 Å². The van der Waals surface area contributed by atoms with E-state index in [0.29, 0.717) is 11.9 Å². The summed E-state index contributed by atoms with van der Waals surface area (Å²) in [6.07, 6.45) is 4.16. The number of pyridine rings is 1. The van der Waals surface area contributed by atoms with Gasteiger partial charge in [0.25, 0.3) is 0 Å². The average molecular weight is 223 g/mol. The van der Waals surface area contributed by atoms with Crippen molar-refractivity contribution in [2.24, 2.45) is 0 Å². The monoisotopic (exact) mass is 223 g/mol. The standard InChI is InChI=1S/C12H18FN3/c1-10(16-7-2-3-8-16)9-15-12-11(13)5-4-6-14-12/h4-6,10H,2-3,7-9H2,1H3,(H,14,15). The Bertz CT molecular complexity index is 337. The number of nitrogens with zero attached hydrogens (tertiary/aromatic N) is 2. The van der Waals surface area contributed by atoms with Crippen LogP contribution in [0.5, 0.6) is 0 Å². The lowest BCUT2D eigenvalue weighted by molar-refractivity contribution is 0.269. The van der Waals surface area contributed by atoms with Crippen molar-refractivity contribution in [3.05, 3.63) is 24.1 Å². The first-order valence-corrected chi connectivity index (χ1v) is 5.86. The van der Waals surface area contributed by atoms with Gasteiger partial charge in [-0.1, -0.05) is 0 Å². The highest BCUT2D eigenvalue weighted by molar-refractivity contribution is 5.35. The molecule has 88 valence electrons. The fourth-order valence-electron chi connectivity index (χ4n) is 2.07. The van der Waals surface area contributed by atoms with Crippen molar-refractivity contribution >= 4 is 5.82 Å². The Morgan fingerprint density at radius 2 is 2.25 bits per heavy atom. The van der Waals surface area contributed by atoms with E-state index in [9.17, 15) is 4.39 Å². The molecular formula is C12H18FN3. The number of rotatable bonds is 4. The van der Waals surface area contributed by atoms with Crippen molar-refractivity contribution in [1.82, 2.24) is 9.88 Å². The van der Waals surface area contributed by atoms with Gasteiger partial charge in [0.15, 0.2) is 11.6 Å². The molecule has 0 saturated carbocycles. The van der Waals surface area contributed by atoms with Crippen molar-refractivity contribution in [2.45, 2.75) is 25.8 Å². The molecule has 1 aromatic heterocycles. The number of hydrogen-bond donors (Lipinski definition) is 1. The van der Waals surface area contributed by atoms with Crippen LogP contribution in [-0.4, -0.2) is 35.6 Å². The number of halogens is 1.